The Kier molecular flexibility index (Phi) is 10.5. The highest BCUT2D eigenvalue weighted by molar-refractivity contribution is 5.91. The summed E-state index contributed by atoms with van der Waals surface area (Å²) in [4.78, 5) is 12.2. The second-order valence-electron chi connectivity index (χ2n) is 7.43. The minimum absolute atomic E-state index is 0. The molecule has 0 bridgehead atoms. The maximum Gasteiger partial charge on any atom is 0.262 e. The van der Waals surface area contributed by atoms with Crippen LogP contribution in [0, 0.1) is 6.92 Å². The number of halogens is 1. The molecule has 0 atom stereocenters. The number of rotatable bonds is 11. The number of carbonyl (C=O) groups excluding carboxylic acids is 1. The third-order valence-electron chi connectivity index (χ3n) is 5.01. The highest BCUT2D eigenvalue weighted by Crippen LogP contribution is 2.28. The average molecular weight is 471 g/mol. The van der Waals surface area contributed by atoms with Crippen molar-refractivity contribution in [2.45, 2.75) is 19.9 Å². The Morgan fingerprint density at radius 2 is 1.61 bits per heavy atom. The van der Waals surface area contributed by atoms with Gasteiger partial charge in [-0.2, -0.15) is 0 Å². The van der Waals surface area contributed by atoms with Crippen LogP contribution in [-0.2, 0) is 17.8 Å². The quantitative estimate of drug-likeness (QED) is 0.394. The summed E-state index contributed by atoms with van der Waals surface area (Å²) in [5.74, 6) is 1.81. The van der Waals surface area contributed by atoms with Crippen LogP contribution >= 0.6 is 12.4 Å². The largest absolute Gasteiger partial charge is 0.496 e. The number of para-hydroxylation sites is 1. The molecule has 0 fully saturated rings. The summed E-state index contributed by atoms with van der Waals surface area (Å²) in [6.07, 6.45) is 0.873. The van der Waals surface area contributed by atoms with Crippen molar-refractivity contribution in [1.82, 2.24) is 5.32 Å². The fourth-order valence-corrected chi connectivity index (χ4v) is 3.28. The van der Waals surface area contributed by atoms with Gasteiger partial charge in [-0.1, -0.05) is 42.0 Å². The zero-order valence-corrected chi connectivity index (χ0v) is 20.0. The van der Waals surface area contributed by atoms with Crippen LogP contribution in [0.3, 0.4) is 0 Å². The molecule has 3 aromatic rings. The minimum atomic E-state index is -0.224. The fraction of sp³-hybridized carbons (Fsp3) is 0.269. The van der Waals surface area contributed by atoms with Crippen molar-refractivity contribution in [3.63, 3.8) is 0 Å². The molecular weight excluding hydrogens is 440 g/mol. The van der Waals surface area contributed by atoms with Gasteiger partial charge in [-0.05, 0) is 61.3 Å². The summed E-state index contributed by atoms with van der Waals surface area (Å²) >= 11 is 0. The van der Waals surface area contributed by atoms with Gasteiger partial charge in [-0.15, -0.1) is 12.4 Å². The third-order valence-corrected chi connectivity index (χ3v) is 5.01. The Balaban J connectivity index is 0.00000385. The molecule has 0 saturated heterocycles. The number of ether oxygens (including phenoxy) is 3. The lowest BCUT2D eigenvalue weighted by Gasteiger charge is -2.13. The van der Waals surface area contributed by atoms with E-state index in [0.29, 0.717) is 18.0 Å². The number of hydrogen-bond acceptors (Lipinski definition) is 5. The second kappa shape index (κ2) is 13.4. The van der Waals surface area contributed by atoms with E-state index >= 15 is 0 Å². The third kappa shape index (κ3) is 8.00. The van der Waals surface area contributed by atoms with Crippen LogP contribution in [0.15, 0.2) is 66.7 Å². The van der Waals surface area contributed by atoms with E-state index in [1.807, 2.05) is 67.6 Å². The van der Waals surface area contributed by atoms with Crippen LogP contribution in [-0.4, -0.2) is 33.3 Å². The van der Waals surface area contributed by atoms with Crippen molar-refractivity contribution in [3.05, 3.63) is 83.4 Å². The lowest BCUT2D eigenvalue weighted by atomic mass is 10.1. The van der Waals surface area contributed by atoms with E-state index in [4.69, 9.17) is 14.2 Å². The van der Waals surface area contributed by atoms with E-state index in [0.717, 1.165) is 35.5 Å². The van der Waals surface area contributed by atoms with E-state index in [1.54, 1.807) is 14.2 Å². The van der Waals surface area contributed by atoms with Gasteiger partial charge in [-0.25, -0.2) is 0 Å². The number of anilines is 1. The molecule has 0 aliphatic carbocycles. The fourth-order valence-electron chi connectivity index (χ4n) is 3.28. The maximum absolute atomic E-state index is 12.2. The van der Waals surface area contributed by atoms with Crippen molar-refractivity contribution in [2.75, 3.05) is 32.7 Å². The van der Waals surface area contributed by atoms with Crippen molar-refractivity contribution < 1.29 is 19.0 Å². The van der Waals surface area contributed by atoms with Crippen molar-refractivity contribution >= 4 is 24.0 Å². The lowest BCUT2D eigenvalue weighted by molar-refractivity contribution is -0.118. The number of amides is 1. The van der Waals surface area contributed by atoms with Crippen molar-refractivity contribution in [2.24, 2.45) is 0 Å². The molecule has 0 heterocycles. The first-order valence-electron chi connectivity index (χ1n) is 10.6. The van der Waals surface area contributed by atoms with Crippen LogP contribution in [0.5, 0.6) is 17.2 Å². The zero-order chi connectivity index (χ0) is 22.8. The first-order valence-corrected chi connectivity index (χ1v) is 10.6. The summed E-state index contributed by atoms with van der Waals surface area (Å²) in [5.41, 5.74) is 4.12. The molecule has 0 aliphatic heterocycles. The predicted molar refractivity (Wildman–Crippen MR) is 134 cm³/mol. The molecule has 0 radical (unpaired) electrons. The molecule has 33 heavy (non-hydrogen) atoms. The van der Waals surface area contributed by atoms with Gasteiger partial charge in [0.05, 0.1) is 14.2 Å². The molecule has 7 heteroatoms. The van der Waals surface area contributed by atoms with E-state index in [1.165, 1.54) is 5.56 Å². The molecule has 2 N–H and O–H groups in total. The van der Waals surface area contributed by atoms with E-state index in [9.17, 15) is 4.79 Å². The zero-order valence-electron chi connectivity index (χ0n) is 19.2. The van der Waals surface area contributed by atoms with Crippen LogP contribution in [0.1, 0.15) is 16.7 Å². The number of nitrogens with one attached hydrogen (secondary N) is 2. The molecule has 176 valence electrons. The molecule has 0 aliphatic rings. The highest BCUT2D eigenvalue weighted by atomic mass is 35.5. The standard InChI is InChI=1S/C26H30N2O4.ClH/c1-19-8-11-22(12-9-19)28-26(29)18-32-24-13-10-20(16-25(24)31-3)17-27-15-14-21-6-4-5-7-23(21)30-2;/h4-13,16,27H,14-15,17-18H2,1-3H3,(H,28,29);1H. The van der Waals surface area contributed by atoms with E-state index < -0.39 is 0 Å². The molecule has 0 unspecified atom stereocenters. The maximum atomic E-state index is 12.2. The van der Waals surface area contributed by atoms with Gasteiger partial charge in [-0.3, -0.25) is 4.79 Å². The van der Waals surface area contributed by atoms with Crippen molar-refractivity contribution in [3.8, 4) is 17.2 Å². The smallest absolute Gasteiger partial charge is 0.262 e. The topological polar surface area (TPSA) is 68.8 Å². The van der Waals surface area contributed by atoms with E-state index in [2.05, 4.69) is 16.7 Å². The van der Waals surface area contributed by atoms with Crippen LogP contribution in [0.2, 0.25) is 0 Å². The molecule has 0 aromatic heterocycles. The van der Waals surface area contributed by atoms with Crippen LogP contribution in [0.4, 0.5) is 5.69 Å². The van der Waals surface area contributed by atoms with Gasteiger partial charge in [0.25, 0.3) is 5.91 Å². The van der Waals surface area contributed by atoms with E-state index in [-0.39, 0.29) is 24.9 Å². The molecule has 3 aromatic carbocycles. The van der Waals surface area contributed by atoms with Gasteiger partial charge in [0.2, 0.25) is 0 Å². The number of benzene rings is 3. The summed E-state index contributed by atoms with van der Waals surface area (Å²) < 4.78 is 16.5. The summed E-state index contributed by atoms with van der Waals surface area (Å²) in [6.45, 7) is 3.42. The number of methoxy groups -OCH3 is 2. The average Bonchev–Trinajstić information content (AvgIpc) is 2.82. The van der Waals surface area contributed by atoms with Crippen LogP contribution < -0.4 is 24.8 Å². The molecular formula is C26H31ClN2O4. The Morgan fingerprint density at radius 3 is 2.33 bits per heavy atom. The second-order valence-corrected chi connectivity index (χ2v) is 7.43. The Hall–Kier alpha value is -3.22. The normalized spacial score (nSPS) is 10.2. The number of aryl methyl sites for hydroxylation is 1. The summed E-state index contributed by atoms with van der Waals surface area (Å²) in [6, 6.07) is 21.4. The van der Waals surface area contributed by atoms with Gasteiger partial charge in [0, 0.05) is 12.2 Å². The molecule has 1 amide bonds. The first-order chi connectivity index (χ1) is 15.6. The summed E-state index contributed by atoms with van der Waals surface area (Å²) in [5, 5.41) is 6.26. The summed E-state index contributed by atoms with van der Waals surface area (Å²) in [7, 11) is 3.28. The molecule has 6 nitrogen and oxygen atoms in total. The predicted octanol–water partition coefficient (Wildman–Crippen LogP) is 4.78. The number of hydrogen-bond donors (Lipinski definition) is 2. The molecule has 0 saturated carbocycles. The minimum Gasteiger partial charge on any atom is -0.496 e. The van der Waals surface area contributed by atoms with Gasteiger partial charge in [0.15, 0.2) is 18.1 Å². The first kappa shape index (κ1) is 26.0. The highest BCUT2D eigenvalue weighted by Gasteiger charge is 2.09. The van der Waals surface area contributed by atoms with Gasteiger partial charge in [0.1, 0.15) is 5.75 Å². The van der Waals surface area contributed by atoms with Gasteiger partial charge >= 0.3 is 0 Å². The molecule has 3 rings (SSSR count). The van der Waals surface area contributed by atoms with Crippen molar-refractivity contribution in [1.29, 1.82) is 0 Å². The molecule has 0 spiro atoms. The monoisotopic (exact) mass is 470 g/mol. The lowest BCUT2D eigenvalue weighted by Crippen LogP contribution is -2.20. The number of carbonyl (C=O) groups is 1. The van der Waals surface area contributed by atoms with Gasteiger partial charge < -0.3 is 24.8 Å². The van der Waals surface area contributed by atoms with Crippen LogP contribution in [0.25, 0.3) is 0 Å². The SMILES string of the molecule is COc1ccccc1CCNCc1ccc(OCC(=O)Nc2ccc(C)cc2)c(OC)c1.Cl. The Morgan fingerprint density at radius 1 is 0.879 bits per heavy atom. The Labute approximate surface area is 201 Å². The Bertz CT molecular complexity index is 1030.